The third-order valence-corrected chi connectivity index (χ3v) is 4.45. The van der Waals surface area contributed by atoms with Crippen LogP contribution < -0.4 is 0 Å². The molecule has 1 saturated heterocycles. The predicted molar refractivity (Wildman–Crippen MR) is 98.5 cm³/mol. The van der Waals surface area contributed by atoms with Gasteiger partial charge in [-0.2, -0.15) is 0 Å². The molecule has 4 nitrogen and oxygen atoms in total. The number of hydrogen-bond acceptors (Lipinski definition) is 4. The molecule has 1 aliphatic rings. The van der Waals surface area contributed by atoms with E-state index in [1.165, 1.54) is 4.90 Å². The van der Waals surface area contributed by atoms with Crippen LogP contribution >= 0.6 is 12.2 Å². The second-order valence-corrected chi connectivity index (χ2v) is 6.40. The Morgan fingerprint density at radius 3 is 2.75 bits per heavy atom. The van der Waals surface area contributed by atoms with Gasteiger partial charge in [0.2, 0.25) is 5.91 Å². The van der Waals surface area contributed by atoms with Gasteiger partial charge < -0.3 is 9.84 Å². The molecule has 1 aromatic carbocycles. The molecule has 0 aromatic heterocycles. The lowest BCUT2D eigenvalue weighted by molar-refractivity contribution is -0.135. The van der Waals surface area contributed by atoms with Crippen molar-refractivity contribution in [2.45, 2.75) is 31.9 Å². The Balaban J connectivity index is 2.21. The molecule has 1 fully saturated rings. The Labute approximate surface area is 148 Å². The van der Waals surface area contributed by atoms with Gasteiger partial charge in [-0.05, 0) is 37.5 Å². The van der Waals surface area contributed by atoms with Gasteiger partial charge >= 0.3 is 0 Å². The van der Waals surface area contributed by atoms with Crippen LogP contribution in [0, 0.1) is 5.92 Å². The molecule has 0 bridgehead atoms. The fourth-order valence-corrected chi connectivity index (χ4v) is 3.14. The number of allylic oxidation sites excluding steroid dienone is 1. The molecule has 0 radical (unpaired) electrons. The minimum Gasteiger partial charge on any atom is -0.468 e. The molecule has 24 heavy (non-hydrogen) atoms. The molecule has 1 N–H and O–H groups in total. The molecule has 1 heterocycles. The summed E-state index contributed by atoms with van der Waals surface area (Å²) in [4.78, 5) is 14.5. The van der Waals surface area contributed by atoms with Gasteiger partial charge in [0, 0.05) is 0 Å². The van der Waals surface area contributed by atoms with Crippen LogP contribution in [0.3, 0.4) is 0 Å². The minimum atomic E-state index is -0.934. The zero-order chi connectivity index (χ0) is 17.7. The maximum Gasteiger partial charge on any atom is 0.266 e. The number of ether oxygens (including phenoxy) is 1. The smallest absolute Gasteiger partial charge is 0.266 e. The molecular formula is C19H23NO3S. The van der Waals surface area contributed by atoms with E-state index in [0.717, 1.165) is 5.56 Å². The Kier molecular flexibility index (Phi) is 6.29. The summed E-state index contributed by atoms with van der Waals surface area (Å²) in [7, 11) is 0. The second-order valence-electron chi connectivity index (χ2n) is 6.05. The number of carbonyl (C=O) groups is 1. The molecule has 128 valence electrons. The first-order valence-electron chi connectivity index (χ1n) is 7.93. The van der Waals surface area contributed by atoms with Gasteiger partial charge in [-0.25, -0.2) is 0 Å². The summed E-state index contributed by atoms with van der Waals surface area (Å²) in [5.74, 6) is -0.897. The van der Waals surface area contributed by atoms with Crippen LogP contribution in [0.5, 0.6) is 0 Å². The lowest BCUT2D eigenvalue weighted by Gasteiger charge is -2.28. The third-order valence-electron chi connectivity index (χ3n) is 4.14. The number of nitrogens with zero attached hydrogens (tertiary/aromatic N) is 1. The first kappa shape index (κ1) is 18.4. The van der Waals surface area contributed by atoms with Crippen molar-refractivity contribution in [3.63, 3.8) is 0 Å². The molecule has 0 saturated carbocycles. The van der Waals surface area contributed by atoms with Gasteiger partial charge in [-0.15, -0.1) is 6.58 Å². The van der Waals surface area contributed by atoms with Crippen molar-refractivity contribution in [2.24, 2.45) is 5.92 Å². The quantitative estimate of drug-likeness (QED) is 0.610. The highest BCUT2D eigenvalue weighted by Crippen LogP contribution is 2.25. The average Bonchev–Trinajstić information content (AvgIpc) is 2.92. The van der Waals surface area contributed by atoms with Gasteiger partial charge in [0.15, 0.2) is 0 Å². The lowest BCUT2D eigenvalue weighted by atomic mass is 9.92. The van der Waals surface area contributed by atoms with Crippen LogP contribution in [-0.4, -0.2) is 39.8 Å². The Bertz CT molecular complexity index is 629. The van der Waals surface area contributed by atoms with E-state index in [1.807, 2.05) is 30.3 Å². The largest absolute Gasteiger partial charge is 0.468 e. The highest BCUT2D eigenvalue weighted by atomic mass is 32.1. The van der Waals surface area contributed by atoms with Crippen LogP contribution in [0.2, 0.25) is 0 Å². The van der Waals surface area contributed by atoms with Crippen LogP contribution in [0.4, 0.5) is 0 Å². The molecule has 3 atom stereocenters. The van der Waals surface area contributed by atoms with Crippen LogP contribution in [0.25, 0.3) is 0 Å². The Morgan fingerprint density at radius 1 is 1.50 bits per heavy atom. The SMILES string of the molecule is C=CC[C@H](C(=O)N1C(=S)OC[C@@H]1Cc1ccccc1)[C@H](O)C(=C)C. The van der Waals surface area contributed by atoms with Crippen LogP contribution in [0.15, 0.2) is 55.1 Å². The van der Waals surface area contributed by atoms with E-state index in [2.05, 4.69) is 13.2 Å². The number of rotatable bonds is 7. The molecular weight excluding hydrogens is 322 g/mol. The van der Waals surface area contributed by atoms with E-state index < -0.39 is 12.0 Å². The highest BCUT2D eigenvalue weighted by molar-refractivity contribution is 7.80. The van der Waals surface area contributed by atoms with Crippen molar-refractivity contribution in [1.82, 2.24) is 4.90 Å². The minimum absolute atomic E-state index is 0.169. The first-order chi connectivity index (χ1) is 11.5. The third kappa shape index (κ3) is 4.10. The van der Waals surface area contributed by atoms with E-state index in [4.69, 9.17) is 17.0 Å². The predicted octanol–water partition coefficient (Wildman–Crippen LogP) is 2.87. The van der Waals surface area contributed by atoms with Crippen LogP contribution in [-0.2, 0) is 16.0 Å². The zero-order valence-corrected chi connectivity index (χ0v) is 14.7. The van der Waals surface area contributed by atoms with Gasteiger partial charge in [0.05, 0.1) is 18.1 Å². The highest BCUT2D eigenvalue weighted by Gasteiger charge is 2.40. The topological polar surface area (TPSA) is 49.8 Å². The van der Waals surface area contributed by atoms with Gasteiger partial charge in [-0.1, -0.05) is 48.6 Å². The summed E-state index contributed by atoms with van der Waals surface area (Å²) in [6.45, 7) is 9.50. The van der Waals surface area contributed by atoms with E-state index in [-0.39, 0.29) is 17.1 Å². The number of benzene rings is 1. The summed E-state index contributed by atoms with van der Waals surface area (Å²) in [6.07, 6.45) is 1.69. The van der Waals surface area contributed by atoms with Crippen molar-refractivity contribution in [3.05, 3.63) is 60.7 Å². The van der Waals surface area contributed by atoms with Crippen molar-refractivity contribution in [2.75, 3.05) is 6.61 Å². The zero-order valence-electron chi connectivity index (χ0n) is 13.9. The summed E-state index contributed by atoms with van der Waals surface area (Å²) < 4.78 is 5.45. The molecule has 1 amide bonds. The fourth-order valence-electron chi connectivity index (χ4n) is 2.83. The van der Waals surface area contributed by atoms with E-state index >= 15 is 0 Å². The standard InChI is InChI=1S/C19H23NO3S/c1-4-8-16(17(21)13(2)3)18(22)20-15(12-23-19(20)24)11-14-9-6-5-7-10-14/h4-7,9-10,15-17,21H,1-2,8,11-12H2,3H3/t15-,16-,17+/m0/s1. The van der Waals surface area contributed by atoms with Crippen molar-refractivity contribution >= 4 is 23.3 Å². The second kappa shape index (κ2) is 8.22. The van der Waals surface area contributed by atoms with Gasteiger partial charge in [-0.3, -0.25) is 9.69 Å². The lowest BCUT2D eigenvalue weighted by Crippen LogP contribution is -2.46. The summed E-state index contributed by atoms with van der Waals surface area (Å²) in [5.41, 5.74) is 1.65. The number of hydrogen-bond donors (Lipinski definition) is 1. The molecule has 1 aliphatic heterocycles. The average molecular weight is 345 g/mol. The van der Waals surface area contributed by atoms with Gasteiger partial charge in [0.25, 0.3) is 5.17 Å². The molecule has 1 aromatic rings. The number of aliphatic hydroxyl groups is 1. The normalized spacial score (nSPS) is 19.5. The Hall–Kier alpha value is -1.98. The van der Waals surface area contributed by atoms with Crippen molar-refractivity contribution in [1.29, 1.82) is 0 Å². The number of amides is 1. The summed E-state index contributed by atoms with van der Waals surface area (Å²) >= 11 is 5.22. The van der Waals surface area contributed by atoms with Crippen molar-refractivity contribution < 1.29 is 14.6 Å². The molecule has 5 heteroatoms. The van der Waals surface area contributed by atoms with Gasteiger partial charge in [0.1, 0.15) is 6.61 Å². The van der Waals surface area contributed by atoms with E-state index in [1.54, 1.807) is 13.0 Å². The first-order valence-corrected chi connectivity index (χ1v) is 8.34. The number of thiocarbonyl (C=S) groups is 1. The Morgan fingerprint density at radius 2 is 2.17 bits per heavy atom. The molecule has 0 aliphatic carbocycles. The summed E-state index contributed by atoms with van der Waals surface area (Å²) in [6, 6.07) is 9.71. The van der Waals surface area contributed by atoms with E-state index in [0.29, 0.717) is 25.0 Å². The van der Waals surface area contributed by atoms with Crippen molar-refractivity contribution in [3.8, 4) is 0 Å². The molecule has 2 rings (SSSR count). The molecule has 0 unspecified atom stereocenters. The number of carbonyl (C=O) groups excluding carboxylic acids is 1. The molecule has 0 spiro atoms. The van der Waals surface area contributed by atoms with Crippen LogP contribution in [0.1, 0.15) is 18.9 Å². The van der Waals surface area contributed by atoms with E-state index in [9.17, 15) is 9.90 Å². The maximum atomic E-state index is 13.0. The number of aliphatic hydroxyl groups excluding tert-OH is 1. The maximum absolute atomic E-state index is 13.0. The summed E-state index contributed by atoms with van der Waals surface area (Å²) in [5, 5.41) is 10.5. The monoisotopic (exact) mass is 345 g/mol. The fraction of sp³-hybridized carbons (Fsp3) is 0.368.